The molecule has 0 saturated heterocycles. The van der Waals surface area contributed by atoms with Gasteiger partial charge in [0.25, 0.3) is 0 Å². The lowest BCUT2D eigenvalue weighted by Gasteiger charge is -2.05. The van der Waals surface area contributed by atoms with Crippen LogP contribution in [0.4, 0.5) is 5.69 Å². The van der Waals surface area contributed by atoms with Gasteiger partial charge < -0.3 is 10.4 Å². The normalized spacial score (nSPS) is 10.0. The van der Waals surface area contributed by atoms with Gasteiger partial charge >= 0.3 is 5.97 Å². The molecule has 0 aromatic heterocycles. The summed E-state index contributed by atoms with van der Waals surface area (Å²) in [5.74, 6) is -1.65. The number of hydrogen-bond acceptors (Lipinski definition) is 2. The van der Waals surface area contributed by atoms with Crippen LogP contribution in [0.25, 0.3) is 6.08 Å². The van der Waals surface area contributed by atoms with Crippen LogP contribution in [0.3, 0.4) is 0 Å². The molecule has 4 heteroatoms. The third kappa shape index (κ3) is 3.42. The van der Waals surface area contributed by atoms with Crippen molar-refractivity contribution in [3.63, 3.8) is 0 Å². The van der Waals surface area contributed by atoms with Gasteiger partial charge in [-0.2, -0.15) is 0 Å². The lowest BCUT2D eigenvalue weighted by molar-refractivity contribution is -0.131. The molecule has 1 amide bonds. The molecule has 0 fully saturated rings. The van der Waals surface area contributed by atoms with E-state index in [9.17, 15) is 9.59 Å². The molecule has 0 saturated carbocycles. The molecular weight excluding hydrogens is 206 g/mol. The second kappa shape index (κ2) is 5.50. The van der Waals surface area contributed by atoms with Gasteiger partial charge in [-0.05, 0) is 11.6 Å². The van der Waals surface area contributed by atoms with Crippen molar-refractivity contribution in [3.8, 4) is 0 Å². The maximum atomic E-state index is 11.3. The number of amides is 1. The molecule has 16 heavy (non-hydrogen) atoms. The maximum Gasteiger partial charge on any atom is 0.328 e. The van der Waals surface area contributed by atoms with Gasteiger partial charge in [0.05, 0.1) is 0 Å². The fourth-order valence-electron chi connectivity index (χ4n) is 1.11. The number of nitrogens with one attached hydrogen (secondary N) is 1. The highest BCUT2D eigenvalue weighted by atomic mass is 16.4. The molecule has 0 bridgehead atoms. The van der Waals surface area contributed by atoms with Crippen molar-refractivity contribution < 1.29 is 14.7 Å². The first-order chi connectivity index (χ1) is 7.63. The fraction of sp³-hybridized carbons (Fsp3) is 0. The van der Waals surface area contributed by atoms with E-state index in [4.69, 9.17) is 5.11 Å². The Morgan fingerprint density at radius 1 is 1.25 bits per heavy atom. The topological polar surface area (TPSA) is 66.4 Å². The summed E-state index contributed by atoms with van der Waals surface area (Å²) in [5.41, 5.74) is 1.37. The van der Waals surface area contributed by atoms with Crippen LogP contribution in [0.1, 0.15) is 5.56 Å². The van der Waals surface area contributed by atoms with E-state index in [0.717, 1.165) is 17.7 Å². The molecule has 0 heterocycles. The molecule has 4 nitrogen and oxygen atoms in total. The van der Waals surface area contributed by atoms with Crippen molar-refractivity contribution in [1.29, 1.82) is 0 Å². The zero-order valence-electron chi connectivity index (χ0n) is 8.51. The van der Waals surface area contributed by atoms with Crippen molar-refractivity contribution in [2.24, 2.45) is 0 Å². The van der Waals surface area contributed by atoms with Crippen LogP contribution < -0.4 is 5.32 Å². The van der Waals surface area contributed by atoms with Crippen LogP contribution in [0.2, 0.25) is 0 Å². The van der Waals surface area contributed by atoms with Gasteiger partial charge in [0.1, 0.15) is 0 Å². The largest absolute Gasteiger partial charge is 0.478 e. The summed E-state index contributed by atoms with van der Waals surface area (Å²) in [6, 6.07) is 7.09. The number of carboxylic acid groups (broad SMARTS) is 1. The smallest absolute Gasteiger partial charge is 0.328 e. The van der Waals surface area contributed by atoms with Crippen LogP contribution >= 0.6 is 0 Å². The minimum absolute atomic E-state index is 0.489. The summed E-state index contributed by atoms with van der Waals surface area (Å²) < 4.78 is 0. The van der Waals surface area contributed by atoms with Crippen LogP contribution in [0.5, 0.6) is 0 Å². The Kier molecular flexibility index (Phi) is 4.03. The monoisotopic (exact) mass is 217 g/mol. The summed E-state index contributed by atoms with van der Waals surface area (Å²) in [4.78, 5) is 21.5. The van der Waals surface area contributed by atoms with Crippen molar-refractivity contribution in [2.45, 2.75) is 0 Å². The van der Waals surface area contributed by atoms with Crippen LogP contribution in [0.15, 0.2) is 43.0 Å². The van der Waals surface area contributed by atoms with Gasteiger partial charge in [0, 0.05) is 17.8 Å². The van der Waals surface area contributed by atoms with E-state index in [1.165, 1.54) is 0 Å². The number of carbonyl (C=O) groups is 2. The number of benzene rings is 1. The van der Waals surface area contributed by atoms with Gasteiger partial charge in [-0.25, -0.2) is 4.79 Å². The molecule has 0 aliphatic heterocycles. The molecule has 0 spiro atoms. The molecular formula is C12H11NO3. The average Bonchev–Trinajstić information content (AvgIpc) is 2.27. The molecule has 0 aliphatic carbocycles. The summed E-state index contributed by atoms with van der Waals surface area (Å²) in [6.07, 6.45) is 3.35. The quantitative estimate of drug-likeness (QED) is 0.757. The van der Waals surface area contributed by atoms with E-state index in [2.05, 4.69) is 11.9 Å². The molecule has 1 aromatic rings. The SMILES string of the molecule is C=Cc1ccccc1NC(=O)/C=C/C(=O)O. The fourth-order valence-corrected chi connectivity index (χ4v) is 1.11. The Morgan fingerprint density at radius 3 is 2.56 bits per heavy atom. The molecule has 0 atom stereocenters. The minimum atomic E-state index is -1.16. The molecule has 0 aliphatic rings. The second-order valence-electron chi connectivity index (χ2n) is 2.95. The Hall–Kier alpha value is -2.36. The van der Waals surface area contributed by atoms with E-state index in [-0.39, 0.29) is 0 Å². The highest BCUT2D eigenvalue weighted by Crippen LogP contribution is 2.15. The Bertz CT molecular complexity index is 449. The number of hydrogen-bond donors (Lipinski definition) is 2. The lowest BCUT2D eigenvalue weighted by atomic mass is 10.2. The van der Waals surface area contributed by atoms with Crippen molar-refractivity contribution >= 4 is 23.6 Å². The number of carboxylic acids is 1. The minimum Gasteiger partial charge on any atom is -0.478 e. The Balaban J connectivity index is 2.77. The van der Waals surface area contributed by atoms with Gasteiger partial charge in [0.15, 0.2) is 0 Å². The second-order valence-corrected chi connectivity index (χ2v) is 2.95. The van der Waals surface area contributed by atoms with E-state index >= 15 is 0 Å². The molecule has 82 valence electrons. The summed E-state index contributed by atoms with van der Waals surface area (Å²) in [5, 5.41) is 10.9. The van der Waals surface area contributed by atoms with E-state index < -0.39 is 11.9 Å². The highest BCUT2D eigenvalue weighted by molar-refractivity contribution is 6.03. The van der Waals surface area contributed by atoms with Crippen LogP contribution in [-0.2, 0) is 9.59 Å². The number of anilines is 1. The summed E-state index contributed by atoms with van der Waals surface area (Å²) in [7, 11) is 0. The average molecular weight is 217 g/mol. The zero-order valence-corrected chi connectivity index (χ0v) is 8.51. The number of para-hydroxylation sites is 1. The third-order valence-electron chi connectivity index (χ3n) is 1.82. The van der Waals surface area contributed by atoms with Gasteiger partial charge in [-0.3, -0.25) is 4.79 Å². The molecule has 0 unspecified atom stereocenters. The maximum absolute atomic E-state index is 11.3. The molecule has 2 N–H and O–H groups in total. The molecule has 0 radical (unpaired) electrons. The first-order valence-electron chi connectivity index (χ1n) is 4.57. The predicted octanol–water partition coefficient (Wildman–Crippen LogP) is 1.91. The lowest BCUT2D eigenvalue weighted by Crippen LogP contribution is -2.09. The van der Waals surface area contributed by atoms with Gasteiger partial charge in [-0.1, -0.05) is 30.9 Å². The van der Waals surface area contributed by atoms with Crippen molar-refractivity contribution in [2.75, 3.05) is 5.32 Å². The first-order valence-corrected chi connectivity index (χ1v) is 4.57. The van der Waals surface area contributed by atoms with E-state index in [0.29, 0.717) is 5.69 Å². The van der Waals surface area contributed by atoms with E-state index in [1.807, 2.05) is 6.07 Å². The zero-order chi connectivity index (χ0) is 12.0. The number of aliphatic carboxylic acids is 1. The summed E-state index contributed by atoms with van der Waals surface area (Å²) in [6.45, 7) is 3.61. The highest BCUT2D eigenvalue weighted by Gasteiger charge is 2.01. The van der Waals surface area contributed by atoms with Crippen LogP contribution in [-0.4, -0.2) is 17.0 Å². The summed E-state index contributed by atoms with van der Waals surface area (Å²) >= 11 is 0. The number of rotatable bonds is 4. The Morgan fingerprint density at radius 2 is 1.94 bits per heavy atom. The van der Waals surface area contributed by atoms with Gasteiger partial charge in [-0.15, -0.1) is 0 Å². The van der Waals surface area contributed by atoms with Crippen molar-refractivity contribution in [1.82, 2.24) is 0 Å². The van der Waals surface area contributed by atoms with Crippen molar-refractivity contribution in [3.05, 3.63) is 48.6 Å². The predicted molar refractivity (Wildman–Crippen MR) is 61.9 cm³/mol. The first kappa shape index (κ1) is 11.7. The number of carbonyl (C=O) groups excluding carboxylic acids is 1. The molecule has 1 aromatic carbocycles. The molecule has 1 rings (SSSR count). The standard InChI is InChI=1S/C12H11NO3/c1-2-9-5-3-4-6-10(9)13-11(14)7-8-12(15)16/h2-8H,1H2,(H,13,14)(H,15,16)/b8-7+. The third-order valence-corrected chi connectivity index (χ3v) is 1.82. The van der Waals surface area contributed by atoms with E-state index in [1.54, 1.807) is 24.3 Å². The van der Waals surface area contributed by atoms with Gasteiger partial charge in [0.2, 0.25) is 5.91 Å². The Labute approximate surface area is 92.9 Å². The van der Waals surface area contributed by atoms with Crippen LogP contribution in [0, 0.1) is 0 Å².